The largest absolute Gasteiger partial charge is 0.357 e. The van der Waals surface area contributed by atoms with E-state index in [-0.39, 0.29) is 17.2 Å². The van der Waals surface area contributed by atoms with Crippen LogP contribution in [0.4, 0.5) is 0 Å². The van der Waals surface area contributed by atoms with E-state index in [0.717, 1.165) is 31.0 Å². The summed E-state index contributed by atoms with van der Waals surface area (Å²) >= 11 is 0. The quantitative estimate of drug-likeness (QED) is 0.737. The number of imidazole rings is 1. The fourth-order valence-electron chi connectivity index (χ4n) is 3.16. The molecule has 0 aromatic carbocycles. The average molecular weight is 390 g/mol. The van der Waals surface area contributed by atoms with E-state index in [1.807, 2.05) is 26.8 Å². The van der Waals surface area contributed by atoms with Gasteiger partial charge in [-0.25, -0.2) is 4.98 Å². The Hall–Kier alpha value is -2.15. The number of nitrogens with one attached hydrogen (secondary N) is 3. The van der Waals surface area contributed by atoms with Gasteiger partial charge in [0.25, 0.3) is 5.91 Å². The number of hydrogen-bond donors (Lipinski definition) is 3. The molecule has 2 amide bonds. The minimum atomic E-state index is -0.644. The van der Waals surface area contributed by atoms with Crippen LogP contribution in [0.15, 0.2) is 6.08 Å². The summed E-state index contributed by atoms with van der Waals surface area (Å²) < 4.78 is 2.11. The predicted octanol–water partition coefficient (Wildman–Crippen LogP) is 2.33. The molecule has 0 bridgehead atoms. The molecule has 3 N–H and O–H groups in total. The fraction of sp³-hybridized carbons (Fsp3) is 0.667. The zero-order valence-corrected chi connectivity index (χ0v) is 18.3. The van der Waals surface area contributed by atoms with Gasteiger partial charge in [0.15, 0.2) is 5.69 Å². The van der Waals surface area contributed by atoms with Crippen LogP contribution < -0.4 is 16.0 Å². The predicted molar refractivity (Wildman–Crippen MR) is 112 cm³/mol. The van der Waals surface area contributed by atoms with E-state index >= 15 is 0 Å². The Labute approximate surface area is 168 Å². The van der Waals surface area contributed by atoms with Crippen LogP contribution in [-0.2, 0) is 17.9 Å². The molecular weight excluding hydrogens is 354 g/mol. The van der Waals surface area contributed by atoms with Gasteiger partial charge in [0.05, 0.1) is 5.69 Å². The summed E-state index contributed by atoms with van der Waals surface area (Å²) in [6.45, 7) is 14.5. The van der Waals surface area contributed by atoms with Gasteiger partial charge >= 0.3 is 0 Å². The molecule has 156 valence electrons. The number of rotatable bonds is 4. The normalized spacial score (nSPS) is 16.4. The van der Waals surface area contributed by atoms with Crippen molar-refractivity contribution in [2.75, 3.05) is 13.6 Å². The number of fused-ring (bicyclic) bond motifs is 1. The first-order valence-corrected chi connectivity index (χ1v) is 9.96. The Bertz CT molecular complexity index is 750. The van der Waals surface area contributed by atoms with Gasteiger partial charge in [0.1, 0.15) is 11.9 Å². The van der Waals surface area contributed by atoms with Crippen molar-refractivity contribution in [2.24, 2.45) is 10.8 Å². The molecule has 0 radical (unpaired) electrons. The minimum Gasteiger partial charge on any atom is -0.357 e. The van der Waals surface area contributed by atoms with Crippen molar-refractivity contribution < 1.29 is 9.59 Å². The van der Waals surface area contributed by atoms with E-state index in [1.54, 1.807) is 7.05 Å². The fourth-order valence-corrected chi connectivity index (χ4v) is 3.16. The van der Waals surface area contributed by atoms with Crippen molar-refractivity contribution in [3.05, 3.63) is 23.3 Å². The van der Waals surface area contributed by atoms with Crippen LogP contribution in [0, 0.1) is 10.8 Å². The highest BCUT2D eigenvalue weighted by Gasteiger charge is 2.34. The summed E-state index contributed by atoms with van der Waals surface area (Å²) in [6, 6.07) is -0.644. The molecule has 0 saturated heterocycles. The van der Waals surface area contributed by atoms with Gasteiger partial charge in [-0.15, -0.1) is 0 Å². The first-order chi connectivity index (χ1) is 12.9. The van der Waals surface area contributed by atoms with E-state index in [0.29, 0.717) is 12.2 Å². The third-order valence-corrected chi connectivity index (χ3v) is 4.73. The number of carbonyl (C=O) groups excluding carboxylic acids is 2. The number of amides is 2. The number of carbonyl (C=O) groups is 2. The number of likely N-dealkylation sites (N-methyl/N-ethyl adjacent to an activating group) is 1. The highest BCUT2D eigenvalue weighted by atomic mass is 16.2. The lowest BCUT2D eigenvalue weighted by atomic mass is 9.86. The van der Waals surface area contributed by atoms with Crippen LogP contribution in [0.25, 0.3) is 6.08 Å². The molecule has 0 fully saturated rings. The third-order valence-electron chi connectivity index (χ3n) is 4.73. The molecule has 7 heteroatoms. The zero-order chi connectivity index (χ0) is 21.1. The Morgan fingerprint density at radius 2 is 1.89 bits per heavy atom. The molecule has 0 saturated carbocycles. The van der Waals surface area contributed by atoms with Crippen LogP contribution in [-0.4, -0.2) is 41.0 Å². The van der Waals surface area contributed by atoms with E-state index in [2.05, 4.69) is 52.3 Å². The molecular formula is C21H35N5O2. The molecule has 28 heavy (non-hydrogen) atoms. The van der Waals surface area contributed by atoms with Crippen molar-refractivity contribution in [2.45, 2.75) is 67.1 Å². The van der Waals surface area contributed by atoms with Gasteiger partial charge in [-0.3, -0.25) is 9.59 Å². The van der Waals surface area contributed by atoms with Gasteiger partial charge in [-0.2, -0.15) is 0 Å². The second-order valence-electron chi connectivity index (χ2n) is 9.53. The average Bonchev–Trinajstić information content (AvgIpc) is 2.76. The molecule has 1 aliphatic rings. The maximum Gasteiger partial charge on any atom is 0.272 e. The summed E-state index contributed by atoms with van der Waals surface area (Å²) in [6.07, 6.45) is 5.07. The van der Waals surface area contributed by atoms with Gasteiger partial charge in [0.2, 0.25) is 5.91 Å². The lowest BCUT2D eigenvalue weighted by Crippen LogP contribution is -2.53. The maximum atomic E-state index is 13.1. The van der Waals surface area contributed by atoms with Gasteiger partial charge in [-0.1, -0.05) is 47.6 Å². The van der Waals surface area contributed by atoms with Crippen molar-refractivity contribution in [3.63, 3.8) is 0 Å². The third kappa shape index (κ3) is 5.44. The van der Waals surface area contributed by atoms with Crippen molar-refractivity contribution in [3.8, 4) is 0 Å². The second kappa shape index (κ2) is 8.47. The van der Waals surface area contributed by atoms with Crippen LogP contribution in [0.5, 0.6) is 0 Å². The standard InChI is InChI=1S/C21H35N5O2/c1-20(2,3)10-9-15-24-16(14-13-23-11-8-12-26(14)15)18(27)25-17(19(28)22-7)21(4,5)6/h9-10,17,23H,8,11-13H2,1-7H3,(H,22,28)(H,25,27)/b10-9+. The molecule has 1 aliphatic heterocycles. The molecule has 1 atom stereocenters. The smallest absolute Gasteiger partial charge is 0.272 e. The summed E-state index contributed by atoms with van der Waals surface area (Å²) in [5.74, 6) is 0.259. The molecule has 1 aromatic rings. The Kier molecular flexibility index (Phi) is 6.70. The summed E-state index contributed by atoms with van der Waals surface area (Å²) in [5, 5.41) is 8.90. The molecule has 7 nitrogen and oxygen atoms in total. The zero-order valence-electron chi connectivity index (χ0n) is 18.3. The van der Waals surface area contributed by atoms with E-state index in [1.165, 1.54) is 0 Å². The minimum absolute atomic E-state index is 0.0222. The molecule has 1 unspecified atom stereocenters. The van der Waals surface area contributed by atoms with E-state index < -0.39 is 11.5 Å². The maximum absolute atomic E-state index is 13.1. The molecule has 2 heterocycles. The number of nitrogens with zero attached hydrogens (tertiary/aromatic N) is 2. The van der Waals surface area contributed by atoms with Gasteiger partial charge in [0, 0.05) is 20.1 Å². The van der Waals surface area contributed by atoms with Gasteiger partial charge in [-0.05, 0) is 29.9 Å². The van der Waals surface area contributed by atoms with Crippen LogP contribution >= 0.6 is 0 Å². The van der Waals surface area contributed by atoms with Crippen molar-refractivity contribution in [1.29, 1.82) is 0 Å². The second-order valence-corrected chi connectivity index (χ2v) is 9.53. The summed E-state index contributed by atoms with van der Waals surface area (Å²) in [7, 11) is 1.58. The Morgan fingerprint density at radius 3 is 2.46 bits per heavy atom. The van der Waals surface area contributed by atoms with Gasteiger partial charge < -0.3 is 20.5 Å². The van der Waals surface area contributed by atoms with Crippen molar-refractivity contribution in [1.82, 2.24) is 25.5 Å². The first-order valence-electron chi connectivity index (χ1n) is 9.96. The van der Waals surface area contributed by atoms with Crippen molar-refractivity contribution >= 4 is 17.9 Å². The molecule has 2 rings (SSSR count). The molecule has 1 aromatic heterocycles. The Balaban J connectivity index is 2.41. The molecule has 0 aliphatic carbocycles. The monoisotopic (exact) mass is 389 g/mol. The number of aromatic nitrogens is 2. The van der Waals surface area contributed by atoms with E-state index in [4.69, 9.17) is 0 Å². The van der Waals surface area contributed by atoms with E-state index in [9.17, 15) is 9.59 Å². The molecule has 0 spiro atoms. The number of hydrogen-bond acceptors (Lipinski definition) is 4. The highest BCUT2D eigenvalue weighted by molar-refractivity contribution is 5.97. The first kappa shape index (κ1) is 22.1. The lowest BCUT2D eigenvalue weighted by molar-refractivity contribution is -0.124. The number of allylic oxidation sites excluding steroid dienone is 1. The lowest BCUT2D eigenvalue weighted by Gasteiger charge is -2.29. The van der Waals surface area contributed by atoms with Crippen LogP contribution in [0.1, 0.15) is 70.0 Å². The highest BCUT2D eigenvalue weighted by Crippen LogP contribution is 2.23. The topological polar surface area (TPSA) is 88.1 Å². The Morgan fingerprint density at radius 1 is 1.21 bits per heavy atom. The van der Waals surface area contributed by atoms with Crippen LogP contribution in [0.3, 0.4) is 0 Å². The summed E-state index contributed by atoms with van der Waals surface area (Å²) in [4.78, 5) is 30.1. The van der Waals surface area contributed by atoms with Crippen LogP contribution in [0.2, 0.25) is 0 Å². The SMILES string of the molecule is CNC(=O)C(NC(=O)c1nc(/C=C/C(C)(C)C)n2c1CNCCC2)C(C)(C)C. The summed E-state index contributed by atoms with van der Waals surface area (Å²) in [5.41, 5.74) is 0.864.